The Labute approximate surface area is 184 Å². The summed E-state index contributed by atoms with van der Waals surface area (Å²) in [5, 5.41) is 10.2. The normalized spacial score (nSPS) is 12.8. The molecule has 5 rings (SSSR count). The molecule has 5 nitrogen and oxygen atoms in total. The minimum absolute atomic E-state index is 0.0851. The number of halogens is 1. The van der Waals surface area contributed by atoms with Crippen LogP contribution in [0.2, 0.25) is 0 Å². The molecule has 2 heterocycles. The molecule has 0 aliphatic carbocycles. The van der Waals surface area contributed by atoms with Gasteiger partial charge in [0.05, 0.1) is 18.2 Å². The number of benzene rings is 3. The smallest absolute Gasteiger partial charge is 0.336 e. The molecule has 1 aliphatic rings. The summed E-state index contributed by atoms with van der Waals surface area (Å²) in [6, 6.07) is 18.1. The van der Waals surface area contributed by atoms with E-state index in [2.05, 4.69) is 17.0 Å². The van der Waals surface area contributed by atoms with E-state index in [0.29, 0.717) is 28.8 Å². The van der Waals surface area contributed by atoms with E-state index in [1.54, 1.807) is 14.0 Å². The van der Waals surface area contributed by atoms with E-state index < -0.39 is 11.8 Å². The number of carbonyl (C=O) groups is 1. The minimum atomic E-state index is -1.09. The molecule has 0 atom stereocenters. The second-order valence-electron chi connectivity index (χ2n) is 7.84. The van der Waals surface area contributed by atoms with Crippen LogP contribution in [0.5, 0.6) is 5.75 Å². The Hall–Kier alpha value is -3.93. The van der Waals surface area contributed by atoms with Crippen molar-refractivity contribution in [1.82, 2.24) is 4.98 Å². The molecule has 0 radical (unpaired) electrons. The van der Waals surface area contributed by atoms with E-state index in [9.17, 15) is 14.3 Å². The van der Waals surface area contributed by atoms with Crippen molar-refractivity contribution in [3.05, 3.63) is 83.2 Å². The van der Waals surface area contributed by atoms with E-state index in [-0.39, 0.29) is 5.56 Å². The largest absolute Gasteiger partial charge is 0.497 e. The number of aromatic carboxylic acids is 1. The molecule has 6 heteroatoms. The summed E-state index contributed by atoms with van der Waals surface area (Å²) in [7, 11) is 1.65. The van der Waals surface area contributed by atoms with Gasteiger partial charge >= 0.3 is 5.97 Å². The molecule has 3 aromatic carbocycles. The molecule has 160 valence electrons. The Kier molecular flexibility index (Phi) is 4.78. The maximum Gasteiger partial charge on any atom is 0.336 e. The summed E-state index contributed by atoms with van der Waals surface area (Å²) in [5.41, 5.74) is 5.42. The van der Waals surface area contributed by atoms with Crippen molar-refractivity contribution in [2.75, 3.05) is 18.6 Å². The number of carboxylic acid groups (broad SMARTS) is 1. The van der Waals surface area contributed by atoms with Crippen molar-refractivity contribution < 1.29 is 19.0 Å². The quantitative estimate of drug-likeness (QED) is 0.448. The van der Waals surface area contributed by atoms with Crippen molar-refractivity contribution in [3.8, 4) is 16.9 Å². The van der Waals surface area contributed by atoms with Crippen LogP contribution in [0.3, 0.4) is 0 Å². The van der Waals surface area contributed by atoms with Crippen LogP contribution < -0.4 is 9.64 Å². The third-order valence-electron chi connectivity index (χ3n) is 6.04. The van der Waals surface area contributed by atoms with Crippen LogP contribution in [0, 0.1) is 12.7 Å². The summed E-state index contributed by atoms with van der Waals surface area (Å²) >= 11 is 0. The Bertz CT molecular complexity index is 1380. The van der Waals surface area contributed by atoms with Crippen LogP contribution in [0.1, 0.15) is 21.5 Å². The maximum atomic E-state index is 13.8. The first-order valence-corrected chi connectivity index (χ1v) is 10.3. The number of carboxylic acids is 1. The molecule has 4 aromatic rings. The number of ether oxygens (including phenoxy) is 1. The van der Waals surface area contributed by atoms with Gasteiger partial charge in [0.2, 0.25) is 0 Å². The lowest BCUT2D eigenvalue weighted by Crippen LogP contribution is -2.18. The lowest BCUT2D eigenvalue weighted by Gasteiger charge is -2.23. The zero-order valence-corrected chi connectivity index (χ0v) is 17.7. The maximum absolute atomic E-state index is 13.8. The van der Waals surface area contributed by atoms with Crippen molar-refractivity contribution in [1.29, 1.82) is 0 Å². The van der Waals surface area contributed by atoms with Gasteiger partial charge in [-0.1, -0.05) is 24.3 Å². The second kappa shape index (κ2) is 7.64. The summed E-state index contributed by atoms with van der Waals surface area (Å²) in [4.78, 5) is 18.9. The number of hydrogen-bond acceptors (Lipinski definition) is 4. The number of methoxy groups -OCH3 is 1. The molecule has 0 saturated carbocycles. The third-order valence-corrected chi connectivity index (χ3v) is 6.04. The summed E-state index contributed by atoms with van der Waals surface area (Å²) in [6.07, 6.45) is 0.799. The SMILES string of the molecule is COc1cccc(-c2cccc3c2CCN3c2nc3ccc(F)cc3c(C(=O)O)c2C)c1. The minimum Gasteiger partial charge on any atom is -0.497 e. The average Bonchev–Trinajstić information content (AvgIpc) is 3.22. The van der Waals surface area contributed by atoms with E-state index in [1.807, 2.05) is 30.3 Å². The van der Waals surface area contributed by atoms with Gasteiger partial charge in [0, 0.05) is 23.2 Å². The zero-order chi connectivity index (χ0) is 22.4. The first kappa shape index (κ1) is 20.0. The monoisotopic (exact) mass is 428 g/mol. The van der Waals surface area contributed by atoms with E-state index in [4.69, 9.17) is 9.72 Å². The van der Waals surface area contributed by atoms with Gasteiger partial charge in [-0.2, -0.15) is 0 Å². The number of fused-ring (bicyclic) bond motifs is 2. The van der Waals surface area contributed by atoms with Gasteiger partial charge in [0.25, 0.3) is 0 Å². The van der Waals surface area contributed by atoms with E-state index in [0.717, 1.165) is 29.0 Å². The van der Waals surface area contributed by atoms with Gasteiger partial charge in [0.1, 0.15) is 17.4 Å². The highest BCUT2D eigenvalue weighted by Gasteiger charge is 2.28. The van der Waals surface area contributed by atoms with Crippen LogP contribution in [-0.2, 0) is 6.42 Å². The van der Waals surface area contributed by atoms with Crippen molar-refractivity contribution >= 4 is 28.4 Å². The number of hydrogen-bond donors (Lipinski definition) is 1. The second-order valence-corrected chi connectivity index (χ2v) is 7.84. The molecule has 0 unspecified atom stereocenters. The zero-order valence-electron chi connectivity index (χ0n) is 17.7. The van der Waals surface area contributed by atoms with Crippen molar-refractivity contribution in [3.63, 3.8) is 0 Å². The number of pyridine rings is 1. The molecule has 1 aliphatic heterocycles. The molecule has 1 N–H and O–H groups in total. The predicted molar refractivity (Wildman–Crippen MR) is 123 cm³/mol. The van der Waals surface area contributed by atoms with Crippen LogP contribution in [0.4, 0.5) is 15.9 Å². The Morgan fingerprint density at radius 1 is 1.12 bits per heavy atom. The van der Waals surface area contributed by atoms with Crippen LogP contribution in [0.25, 0.3) is 22.0 Å². The van der Waals surface area contributed by atoms with Gasteiger partial charge in [-0.05, 0) is 66.4 Å². The number of nitrogens with zero attached hydrogens (tertiary/aromatic N) is 2. The topological polar surface area (TPSA) is 62.7 Å². The van der Waals surface area contributed by atoms with Gasteiger partial charge in [0.15, 0.2) is 0 Å². The predicted octanol–water partition coefficient (Wildman–Crippen LogP) is 5.75. The molecule has 0 bridgehead atoms. The fraction of sp³-hybridized carbons (Fsp3) is 0.154. The van der Waals surface area contributed by atoms with E-state index in [1.165, 1.54) is 23.8 Å². The molecule has 32 heavy (non-hydrogen) atoms. The van der Waals surface area contributed by atoms with Gasteiger partial charge < -0.3 is 14.7 Å². The fourth-order valence-corrected chi connectivity index (χ4v) is 4.57. The van der Waals surface area contributed by atoms with Crippen LogP contribution >= 0.6 is 0 Å². The number of rotatable bonds is 4. The Morgan fingerprint density at radius 3 is 2.72 bits per heavy atom. The molecular formula is C26H21FN2O3. The lowest BCUT2D eigenvalue weighted by molar-refractivity contribution is 0.0698. The van der Waals surface area contributed by atoms with Crippen molar-refractivity contribution in [2.24, 2.45) is 0 Å². The van der Waals surface area contributed by atoms with Gasteiger partial charge in [-0.3, -0.25) is 0 Å². The highest BCUT2D eigenvalue weighted by molar-refractivity contribution is 6.05. The molecule has 0 amide bonds. The first-order valence-electron chi connectivity index (χ1n) is 10.3. The average molecular weight is 428 g/mol. The molecule has 0 fully saturated rings. The first-order chi connectivity index (χ1) is 15.5. The Balaban J connectivity index is 1.68. The lowest BCUT2D eigenvalue weighted by atomic mass is 9.97. The Morgan fingerprint density at radius 2 is 1.94 bits per heavy atom. The van der Waals surface area contributed by atoms with Crippen LogP contribution in [0.15, 0.2) is 60.7 Å². The standard InChI is InChI=1S/C26H21FN2O3/c1-15-24(26(30)31)21-14-17(27)9-10-22(21)28-25(15)29-12-11-20-19(7-4-8-23(20)29)16-5-3-6-18(13-16)32-2/h3-10,13-14H,11-12H2,1-2H3,(H,30,31). The highest BCUT2D eigenvalue weighted by atomic mass is 19.1. The van der Waals surface area contributed by atoms with E-state index >= 15 is 0 Å². The third kappa shape index (κ3) is 3.15. The van der Waals surface area contributed by atoms with Gasteiger partial charge in [-0.25, -0.2) is 14.2 Å². The fourth-order valence-electron chi connectivity index (χ4n) is 4.57. The number of anilines is 2. The molecule has 1 aromatic heterocycles. The highest BCUT2D eigenvalue weighted by Crippen LogP contribution is 2.42. The summed E-state index contributed by atoms with van der Waals surface area (Å²) in [6.45, 7) is 2.41. The van der Waals surface area contributed by atoms with Crippen molar-refractivity contribution in [2.45, 2.75) is 13.3 Å². The summed E-state index contributed by atoms with van der Waals surface area (Å²) in [5.74, 6) is -0.196. The summed E-state index contributed by atoms with van der Waals surface area (Å²) < 4.78 is 19.2. The molecule has 0 saturated heterocycles. The molecule has 0 spiro atoms. The number of aromatic nitrogens is 1. The van der Waals surface area contributed by atoms with Gasteiger partial charge in [-0.15, -0.1) is 0 Å². The van der Waals surface area contributed by atoms with Crippen LogP contribution in [-0.4, -0.2) is 29.7 Å². The molecular weight excluding hydrogens is 407 g/mol.